The summed E-state index contributed by atoms with van der Waals surface area (Å²) in [5.74, 6) is -0.394. The number of para-hydroxylation sites is 1. The molecular weight excluding hydrogens is 217 g/mol. The van der Waals surface area contributed by atoms with E-state index in [-0.39, 0.29) is 11.6 Å². The van der Waals surface area contributed by atoms with Crippen molar-refractivity contribution in [2.75, 3.05) is 5.88 Å². The van der Waals surface area contributed by atoms with Gasteiger partial charge in [-0.2, -0.15) is 0 Å². The maximum Gasteiger partial charge on any atom is 0.149 e. The molecule has 0 aromatic heterocycles. The number of alkyl halides is 1. The summed E-state index contributed by atoms with van der Waals surface area (Å²) in [6.07, 6.45) is 2.12. The lowest BCUT2D eigenvalue weighted by atomic mass is 10.1. The molecule has 0 fully saturated rings. The number of benzene rings is 1. The maximum absolute atomic E-state index is 13.2. The lowest BCUT2D eigenvalue weighted by Gasteiger charge is -2.01. The topological polar surface area (TPSA) is 29.4 Å². The van der Waals surface area contributed by atoms with E-state index in [4.69, 9.17) is 11.6 Å². The summed E-state index contributed by atoms with van der Waals surface area (Å²) in [6.45, 7) is 3.27. The normalized spacial score (nSPS) is 11.2. The van der Waals surface area contributed by atoms with Gasteiger partial charge in [-0.05, 0) is 18.9 Å². The summed E-state index contributed by atoms with van der Waals surface area (Å²) >= 11 is 5.51. The Morgan fingerprint density at radius 1 is 1.60 bits per heavy atom. The minimum atomic E-state index is -0.474. The van der Waals surface area contributed by atoms with Crippen molar-refractivity contribution in [3.05, 3.63) is 35.2 Å². The van der Waals surface area contributed by atoms with E-state index in [2.05, 4.69) is 11.7 Å². The summed E-state index contributed by atoms with van der Waals surface area (Å²) in [6, 6.07) is 4.46. The highest BCUT2D eigenvalue weighted by Gasteiger charge is 2.04. The third kappa shape index (κ3) is 2.73. The van der Waals surface area contributed by atoms with Crippen molar-refractivity contribution in [1.82, 2.24) is 0 Å². The summed E-state index contributed by atoms with van der Waals surface area (Å²) < 4.78 is 13.2. The Bertz CT molecular complexity index is 415. The minimum absolute atomic E-state index is 0.0800. The van der Waals surface area contributed by atoms with Gasteiger partial charge in [0.1, 0.15) is 17.8 Å². The van der Waals surface area contributed by atoms with E-state index in [0.717, 1.165) is 0 Å². The summed E-state index contributed by atoms with van der Waals surface area (Å²) in [5, 5.41) is 0. The number of aliphatic imine (C=N–C) groups is 1. The molecule has 0 atom stereocenters. The minimum Gasteiger partial charge on any atom is -0.298 e. The smallest absolute Gasteiger partial charge is 0.149 e. The second kappa shape index (κ2) is 5.41. The van der Waals surface area contributed by atoms with Crippen molar-refractivity contribution < 1.29 is 9.18 Å². The number of rotatable bonds is 4. The van der Waals surface area contributed by atoms with Gasteiger partial charge < -0.3 is 0 Å². The molecule has 0 saturated heterocycles. The molecule has 0 aliphatic heterocycles. The van der Waals surface area contributed by atoms with E-state index in [1.54, 1.807) is 6.07 Å². The molecule has 78 valence electrons. The number of nitrogens with zero attached hydrogens (tertiary/aromatic N) is 1. The van der Waals surface area contributed by atoms with Crippen LogP contribution in [0, 0.1) is 5.82 Å². The third-order valence-electron chi connectivity index (χ3n) is 1.82. The van der Waals surface area contributed by atoms with Gasteiger partial charge in [-0.25, -0.2) is 4.39 Å². The Hall–Kier alpha value is -1.48. The molecule has 0 radical (unpaired) electrons. The van der Waals surface area contributed by atoms with Crippen LogP contribution in [-0.2, 0) is 4.79 Å². The molecule has 0 aliphatic rings. The van der Waals surface area contributed by atoms with Crippen LogP contribution in [0.2, 0.25) is 0 Å². The summed E-state index contributed by atoms with van der Waals surface area (Å²) in [7, 11) is 0. The Labute approximate surface area is 92.1 Å². The zero-order chi connectivity index (χ0) is 11.3. The van der Waals surface area contributed by atoms with E-state index in [9.17, 15) is 9.18 Å². The lowest BCUT2D eigenvalue weighted by molar-refractivity contribution is -0.104. The Balaban J connectivity index is 3.25. The second-order valence-electron chi connectivity index (χ2n) is 2.81. The lowest BCUT2D eigenvalue weighted by Crippen LogP contribution is -1.87. The molecule has 1 aromatic rings. The molecule has 1 rings (SSSR count). The molecule has 0 amide bonds. The van der Waals surface area contributed by atoms with Crippen LogP contribution in [0.3, 0.4) is 0 Å². The highest BCUT2D eigenvalue weighted by Crippen LogP contribution is 2.24. The number of aldehydes is 1. The molecule has 0 N–H and O–H groups in total. The number of carbonyl (C=O) groups is 1. The fraction of sp³-hybridized carbons (Fsp3) is 0.0909. The van der Waals surface area contributed by atoms with Crippen molar-refractivity contribution in [3.63, 3.8) is 0 Å². The van der Waals surface area contributed by atoms with E-state index in [0.29, 0.717) is 17.4 Å². The van der Waals surface area contributed by atoms with Crippen molar-refractivity contribution in [2.24, 2.45) is 4.99 Å². The quantitative estimate of drug-likeness (QED) is 0.335. The molecule has 4 heteroatoms. The number of hydrogen-bond acceptors (Lipinski definition) is 2. The van der Waals surface area contributed by atoms with Crippen LogP contribution in [-0.4, -0.2) is 18.9 Å². The molecule has 0 aliphatic carbocycles. The highest BCUT2D eigenvalue weighted by molar-refractivity contribution is 6.22. The predicted octanol–water partition coefficient (Wildman–Crippen LogP) is 2.98. The molecular formula is C11H9ClFNO. The molecule has 1 aromatic carbocycles. The van der Waals surface area contributed by atoms with Crippen LogP contribution in [0.25, 0.3) is 6.08 Å². The van der Waals surface area contributed by atoms with Crippen molar-refractivity contribution >= 4 is 36.4 Å². The van der Waals surface area contributed by atoms with Crippen LogP contribution in [0.1, 0.15) is 5.56 Å². The van der Waals surface area contributed by atoms with Gasteiger partial charge in [-0.15, -0.1) is 11.6 Å². The van der Waals surface area contributed by atoms with Gasteiger partial charge >= 0.3 is 0 Å². The van der Waals surface area contributed by atoms with E-state index < -0.39 is 5.82 Å². The van der Waals surface area contributed by atoms with Crippen LogP contribution in [0.4, 0.5) is 10.1 Å². The molecule has 0 unspecified atom stereocenters. The standard InChI is InChI=1S/C11H9ClFNO/c1-14-11-9(3-2-4-10(11)13)5-8(6-12)7-15/h2-5,7H,1,6H2/b8-5+. The Morgan fingerprint density at radius 3 is 2.87 bits per heavy atom. The number of halogens is 2. The number of carbonyl (C=O) groups excluding carboxylic acids is 1. The Kier molecular flexibility index (Phi) is 4.18. The first-order valence-corrected chi connectivity index (χ1v) is 4.73. The average Bonchev–Trinajstić information content (AvgIpc) is 2.26. The first-order valence-electron chi connectivity index (χ1n) is 4.20. The van der Waals surface area contributed by atoms with Crippen molar-refractivity contribution in [3.8, 4) is 0 Å². The second-order valence-corrected chi connectivity index (χ2v) is 3.07. The fourth-order valence-electron chi connectivity index (χ4n) is 1.12. The van der Waals surface area contributed by atoms with Crippen molar-refractivity contribution in [2.45, 2.75) is 0 Å². The van der Waals surface area contributed by atoms with Crippen LogP contribution in [0.15, 0.2) is 28.8 Å². The average molecular weight is 226 g/mol. The third-order valence-corrected chi connectivity index (χ3v) is 2.13. The predicted molar refractivity (Wildman–Crippen MR) is 60.4 cm³/mol. The molecule has 0 heterocycles. The zero-order valence-electron chi connectivity index (χ0n) is 7.91. The number of hydrogen-bond donors (Lipinski definition) is 0. The Morgan fingerprint density at radius 2 is 2.33 bits per heavy atom. The molecule has 0 saturated carbocycles. The van der Waals surface area contributed by atoms with Gasteiger partial charge in [0.05, 0.1) is 5.88 Å². The van der Waals surface area contributed by atoms with E-state index in [1.807, 2.05) is 0 Å². The first kappa shape index (κ1) is 11.6. The SMILES string of the molecule is C=Nc1c(F)cccc1/C=C(/C=O)CCl. The zero-order valence-corrected chi connectivity index (χ0v) is 8.67. The van der Waals surface area contributed by atoms with Gasteiger partial charge in [-0.1, -0.05) is 12.1 Å². The molecule has 0 bridgehead atoms. The molecule has 2 nitrogen and oxygen atoms in total. The van der Waals surface area contributed by atoms with Gasteiger partial charge in [0.25, 0.3) is 0 Å². The molecule has 15 heavy (non-hydrogen) atoms. The number of allylic oxidation sites excluding steroid dienone is 1. The summed E-state index contributed by atoms with van der Waals surface area (Å²) in [5.41, 5.74) is 0.988. The van der Waals surface area contributed by atoms with E-state index >= 15 is 0 Å². The summed E-state index contributed by atoms with van der Waals surface area (Å²) in [4.78, 5) is 14.1. The van der Waals surface area contributed by atoms with Crippen LogP contribution < -0.4 is 0 Å². The van der Waals surface area contributed by atoms with Crippen molar-refractivity contribution in [1.29, 1.82) is 0 Å². The van der Waals surface area contributed by atoms with E-state index in [1.165, 1.54) is 18.2 Å². The monoisotopic (exact) mass is 225 g/mol. The molecule has 0 spiro atoms. The van der Waals surface area contributed by atoms with Gasteiger partial charge in [0.2, 0.25) is 0 Å². The van der Waals surface area contributed by atoms with Crippen LogP contribution >= 0.6 is 11.6 Å². The van der Waals surface area contributed by atoms with Gasteiger partial charge in [0.15, 0.2) is 0 Å². The first-order chi connectivity index (χ1) is 7.22. The maximum atomic E-state index is 13.2. The van der Waals surface area contributed by atoms with Crippen LogP contribution in [0.5, 0.6) is 0 Å². The van der Waals surface area contributed by atoms with Gasteiger partial charge in [-0.3, -0.25) is 9.79 Å². The van der Waals surface area contributed by atoms with Gasteiger partial charge in [0, 0.05) is 11.1 Å². The highest BCUT2D eigenvalue weighted by atomic mass is 35.5. The fourth-order valence-corrected chi connectivity index (χ4v) is 1.26. The largest absolute Gasteiger partial charge is 0.298 e.